The van der Waals surface area contributed by atoms with Crippen molar-refractivity contribution in [2.75, 3.05) is 6.61 Å². The molecule has 28 heavy (non-hydrogen) atoms. The summed E-state index contributed by atoms with van der Waals surface area (Å²) in [5.74, 6) is 0.895. The van der Waals surface area contributed by atoms with Crippen LogP contribution in [0.4, 0.5) is 0 Å². The molecule has 4 aromatic rings. The summed E-state index contributed by atoms with van der Waals surface area (Å²) in [6.45, 7) is 2.89. The summed E-state index contributed by atoms with van der Waals surface area (Å²) in [6, 6.07) is 19.9. The minimum atomic E-state index is 0.0468. The Balaban J connectivity index is 1.75. The molecule has 0 radical (unpaired) electrons. The lowest BCUT2D eigenvalue weighted by atomic mass is 9.96. The zero-order valence-electron chi connectivity index (χ0n) is 16.4. The maximum Gasteiger partial charge on any atom is 0.195 e. The van der Waals surface area contributed by atoms with Crippen LogP contribution in [-0.4, -0.2) is 17.0 Å². The molecule has 1 heterocycles. The number of hydrogen-bond donors (Lipinski definition) is 0. The molecule has 0 amide bonds. The Bertz CT molecular complexity index is 1140. The SMILES string of the molecule is CCCCCOc1ccc(C(=O)c2cn(C)c3ccccc23)c2ccccc12. The molecular formula is C25H25NO2. The van der Waals surface area contributed by atoms with Gasteiger partial charge in [-0.1, -0.05) is 62.2 Å². The van der Waals surface area contributed by atoms with E-state index < -0.39 is 0 Å². The molecule has 3 heteroatoms. The Hall–Kier alpha value is -3.07. The summed E-state index contributed by atoms with van der Waals surface area (Å²) < 4.78 is 8.03. The largest absolute Gasteiger partial charge is 0.493 e. The second-order valence-electron chi connectivity index (χ2n) is 7.21. The fourth-order valence-corrected chi connectivity index (χ4v) is 3.80. The normalized spacial score (nSPS) is 11.2. The van der Waals surface area contributed by atoms with Gasteiger partial charge >= 0.3 is 0 Å². The molecule has 3 aromatic carbocycles. The monoisotopic (exact) mass is 371 g/mol. The van der Waals surface area contributed by atoms with Gasteiger partial charge in [0.2, 0.25) is 0 Å². The van der Waals surface area contributed by atoms with E-state index in [1.807, 2.05) is 78.5 Å². The van der Waals surface area contributed by atoms with Crippen molar-refractivity contribution in [1.82, 2.24) is 4.57 Å². The van der Waals surface area contributed by atoms with Crippen molar-refractivity contribution in [2.45, 2.75) is 26.2 Å². The molecule has 0 bridgehead atoms. The highest BCUT2D eigenvalue weighted by Crippen LogP contribution is 2.32. The van der Waals surface area contributed by atoms with Crippen molar-refractivity contribution < 1.29 is 9.53 Å². The molecule has 0 spiro atoms. The van der Waals surface area contributed by atoms with E-state index in [1.54, 1.807) is 0 Å². The summed E-state index contributed by atoms with van der Waals surface area (Å²) in [5, 5.41) is 2.91. The molecule has 0 aliphatic rings. The third-order valence-electron chi connectivity index (χ3n) is 5.28. The fourth-order valence-electron chi connectivity index (χ4n) is 3.80. The van der Waals surface area contributed by atoms with Crippen LogP contribution in [0.5, 0.6) is 5.75 Å². The minimum Gasteiger partial charge on any atom is -0.493 e. The zero-order valence-corrected chi connectivity index (χ0v) is 16.4. The van der Waals surface area contributed by atoms with Crippen molar-refractivity contribution in [3.63, 3.8) is 0 Å². The number of rotatable bonds is 7. The molecule has 142 valence electrons. The molecule has 0 N–H and O–H groups in total. The lowest BCUT2D eigenvalue weighted by molar-refractivity contribution is 0.104. The number of para-hydroxylation sites is 1. The number of nitrogens with zero attached hydrogens (tertiary/aromatic N) is 1. The van der Waals surface area contributed by atoms with Gasteiger partial charge in [0, 0.05) is 40.7 Å². The van der Waals surface area contributed by atoms with Crippen LogP contribution < -0.4 is 4.74 Å². The number of aromatic nitrogens is 1. The number of unbranched alkanes of at least 4 members (excludes halogenated alkanes) is 2. The lowest BCUT2D eigenvalue weighted by Gasteiger charge is -2.12. The van der Waals surface area contributed by atoms with Gasteiger partial charge < -0.3 is 9.30 Å². The smallest absolute Gasteiger partial charge is 0.195 e. The molecule has 3 nitrogen and oxygen atoms in total. The van der Waals surface area contributed by atoms with Crippen LogP contribution in [0, 0.1) is 0 Å². The van der Waals surface area contributed by atoms with E-state index >= 15 is 0 Å². The van der Waals surface area contributed by atoms with Crippen LogP contribution in [0.2, 0.25) is 0 Å². The summed E-state index contributed by atoms with van der Waals surface area (Å²) in [4.78, 5) is 13.4. The van der Waals surface area contributed by atoms with Crippen LogP contribution >= 0.6 is 0 Å². The van der Waals surface area contributed by atoms with Crippen LogP contribution in [0.3, 0.4) is 0 Å². The van der Waals surface area contributed by atoms with Gasteiger partial charge in [-0.15, -0.1) is 0 Å². The lowest BCUT2D eigenvalue weighted by Crippen LogP contribution is -2.03. The summed E-state index contributed by atoms with van der Waals surface area (Å²) in [6.07, 6.45) is 5.30. The van der Waals surface area contributed by atoms with Crippen molar-refractivity contribution in [3.8, 4) is 5.75 Å². The number of aryl methyl sites for hydroxylation is 1. The molecule has 0 saturated carbocycles. The van der Waals surface area contributed by atoms with Crippen molar-refractivity contribution in [1.29, 1.82) is 0 Å². The van der Waals surface area contributed by atoms with Gasteiger partial charge in [-0.3, -0.25) is 4.79 Å². The highest BCUT2D eigenvalue weighted by molar-refractivity contribution is 6.21. The molecular weight excluding hydrogens is 346 g/mol. The third kappa shape index (κ3) is 3.29. The molecule has 0 unspecified atom stereocenters. The van der Waals surface area contributed by atoms with Crippen LogP contribution in [0.15, 0.2) is 66.9 Å². The number of hydrogen-bond acceptors (Lipinski definition) is 2. The Kier molecular flexibility index (Phi) is 5.16. The fraction of sp³-hybridized carbons (Fsp3) is 0.240. The van der Waals surface area contributed by atoms with Gasteiger partial charge in [-0.2, -0.15) is 0 Å². The molecule has 0 fully saturated rings. The first-order valence-corrected chi connectivity index (χ1v) is 9.94. The molecule has 1 aromatic heterocycles. The van der Waals surface area contributed by atoms with Crippen LogP contribution in [0.25, 0.3) is 21.7 Å². The van der Waals surface area contributed by atoms with Gasteiger partial charge in [-0.05, 0) is 30.0 Å². The van der Waals surface area contributed by atoms with E-state index in [0.29, 0.717) is 12.2 Å². The molecule has 4 rings (SSSR count). The van der Waals surface area contributed by atoms with Gasteiger partial charge in [-0.25, -0.2) is 0 Å². The number of benzene rings is 3. The quantitative estimate of drug-likeness (QED) is 0.289. The molecule has 0 atom stereocenters. The maximum absolute atomic E-state index is 13.4. The summed E-state index contributed by atoms with van der Waals surface area (Å²) >= 11 is 0. The van der Waals surface area contributed by atoms with E-state index in [9.17, 15) is 4.79 Å². The number of fused-ring (bicyclic) bond motifs is 2. The van der Waals surface area contributed by atoms with E-state index in [4.69, 9.17) is 4.74 Å². The summed E-state index contributed by atoms with van der Waals surface area (Å²) in [7, 11) is 1.98. The van der Waals surface area contributed by atoms with E-state index in [0.717, 1.165) is 45.8 Å². The van der Waals surface area contributed by atoms with Gasteiger partial charge in [0.05, 0.1) is 6.61 Å². The second-order valence-corrected chi connectivity index (χ2v) is 7.21. The number of carbonyl (C=O) groups excluding carboxylic acids is 1. The first-order chi connectivity index (χ1) is 13.7. The first kappa shape index (κ1) is 18.3. The van der Waals surface area contributed by atoms with E-state index in [-0.39, 0.29) is 5.78 Å². The zero-order chi connectivity index (χ0) is 19.5. The van der Waals surface area contributed by atoms with Crippen molar-refractivity contribution in [2.24, 2.45) is 7.05 Å². The van der Waals surface area contributed by atoms with Gasteiger partial charge in [0.25, 0.3) is 0 Å². The van der Waals surface area contributed by atoms with Gasteiger partial charge in [0.1, 0.15) is 5.75 Å². The molecule has 0 aliphatic heterocycles. The summed E-state index contributed by atoms with van der Waals surface area (Å²) in [5.41, 5.74) is 2.51. The highest BCUT2D eigenvalue weighted by atomic mass is 16.5. The molecule has 0 aliphatic carbocycles. The van der Waals surface area contributed by atoms with E-state index in [2.05, 4.69) is 6.92 Å². The number of ether oxygens (including phenoxy) is 1. The standard InChI is InChI=1S/C25H25NO2/c1-3-4-9-16-28-24-15-14-21(18-10-5-6-12-20(18)24)25(27)22-17-26(2)23-13-8-7-11-19(22)23/h5-8,10-15,17H,3-4,9,16H2,1-2H3. The Labute approximate surface area is 165 Å². The Morgan fingerprint density at radius 1 is 0.857 bits per heavy atom. The van der Waals surface area contributed by atoms with Gasteiger partial charge in [0.15, 0.2) is 5.78 Å². The second kappa shape index (κ2) is 7.89. The van der Waals surface area contributed by atoms with E-state index in [1.165, 1.54) is 6.42 Å². The first-order valence-electron chi connectivity index (χ1n) is 9.94. The number of carbonyl (C=O) groups is 1. The number of ketones is 1. The Morgan fingerprint density at radius 2 is 1.57 bits per heavy atom. The van der Waals surface area contributed by atoms with Crippen LogP contribution in [-0.2, 0) is 7.05 Å². The van der Waals surface area contributed by atoms with Crippen molar-refractivity contribution in [3.05, 3.63) is 78.0 Å². The van der Waals surface area contributed by atoms with Crippen molar-refractivity contribution >= 4 is 27.5 Å². The average molecular weight is 371 g/mol. The van der Waals surface area contributed by atoms with Crippen LogP contribution in [0.1, 0.15) is 42.1 Å². The maximum atomic E-state index is 13.4. The minimum absolute atomic E-state index is 0.0468. The third-order valence-corrected chi connectivity index (χ3v) is 5.28. The molecule has 0 saturated heterocycles. The average Bonchev–Trinajstić information content (AvgIpc) is 3.07. The predicted octanol–water partition coefficient (Wildman–Crippen LogP) is 6.13. The topological polar surface area (TPSA) is 31.2 Å². The predicted molar refractivity (Wildman–Crippen MR) is 115 cm³/mol. The Morgan fingerprint density at radius 3 is 2.36 bits per heavy atom. The highest BCUT2D eigenvalue weighted by Gasteiger charge is 2.19.